The van der Waals surface area contributed by atoms with E-state index >= 15 is 0 Å². The molecule has 0 aliphatic heterocycles. The van der Waals surface area contributed by atoms with E-state index in [4.69, 9.17) is 0 Å². The topological polar surface area (TPSA) is 161 Å². The number of aliphatic hydroxyl groups is 1. The summed E-state index contributed by atoms with van der Waals surface area (Å²) in [7, 11) is -11.3. The minimum atomic E-state index is -5.66. The Morgan fingerprint density at radius 3 is 1.52 bits per heavy atom. The summed E-state index contributed by atoms with van der Waals surface area (Å²) in [6, 6.07) is 5.53. The summed E-state index contributed by atoms with van der Waals surface area (Å²) < 4.78 is 23.6. The van der Waals surface area contributed by atoms with Gasteiger partial charge in [-0.25, -0.2) is 0 Å². The van der Waals surface area contributed by atoms with Gasteiger partial charge >= 0.3 is 15.2 Å². The van der Waals surface area contributed by atoms with E-state index in [9.17, 15) is 33.8 Å². The quantitative estimate of drug-likeness (QED) is 0.481. The summed E-state index contributed by atoms with van der Waals surface area (Å²) in [6.45, 7) is 0. The van der Waals surface area contributed by atoms with Crippen LogP contribution in [0.5, 0.6) is 0 Å². The number of nitrogens with zero attached hydrogens (tertiary/aromatic N) is 2. The van der Waals surface area contributed by atoms with Crippen LogP contribution < -0.4 is 0 Å². The van der Waals surface area contributed by atoms with Crippen LogP contribution in [-0.2, 0) is 9.13 Å². The van der Waals surface area contributed by atoms with E-state index in [1.807, 2.05) is 0 Å². The maximum Gasteiger partial charge on any atom is 0.370 e. The normalized spacial score (nSPS) is 13.3. The molecule has 0 unspecified atom stereocenters. The number of hydrogen-bond acceptors (Lipinski definition) is 5. The van der Waals surface area contributed by atoms with Crippen LogP contribution in [0.25, 0.3) is 0 Å². The zero-order valence-corrected chi connectivity index (χ0v) is 13.3. The maximum absolute atomic E-state index is 11.8. The third kappa shape index (κ3) is 3.27. The van der Waals surface area contributed by atoms with Gasteiger partial charge in [-0.2, -0.15) is 0 Å². The molecular weight excluding hydrogens is 346 g/mol. The number of pyridine rings is 2. The Balaban J connectivity index is 2.80. The Morgan fingerprint density at radius 1 is 0.870 bits per heavy atom. The molecule has 0 atom stereocenters. The van der Waals surface area contributed by atoms with Crippen LogP contribution in [0.1, 0.15) is 17.0 Å². The Hall–Kier alpha value is -1.44. The van der Waals surface area contributed by atoms with Gasteiger partial charge in [0.2, 0.25) is 0 Å². The van der Waals surface area contributed by atoms with E-state index < -0.39 is 26.2 Å². The fraction of sp³-hybridized carbons (Fsp3) is 0.167. The van der Waals surface area contributed by atoms with E-state index in [0.29, 0.717) is 0 Å². The van der Waals surface area contributed by atoms with Crippen molar-refractivity contribution >= 4 is 15.2 Å². The van der Waals surface area contributed by atoms with Crippen LogP contribution in [0.3, 0.4) is 0 Å². The van der Waals surface area contributed by atoms with Crippen LogP contribution in [-0.4, -0.2) is 39.7 Å². The van der Waals surface area contributed by atoms with Crippen molar-refractivity contribution in [3.05, 3.63) is 60.2 Å². The second kappa shape index (κ2) is 6.22. The average Bonchev–Trinajstić information content (AvgIpc) is 2.47. The minimum Gasteiger partial charge on any atom is -0.367 e. The zero-order valence-electron chi connectivity index (χ0n) is 11.5. The van der Waals surface area contributed by atoms with Crippen LogP contribution in [0.15, 0.2) is 49.1 Å². The zero-order chi connectivity index (χ0) is 17.3. The predicted octanol–water partition coefficient (Wildman–Crippen LogP) is 0.610. The molecule has 0 radical (unpaired) electrons. The van der Waals surface area contributed by atoms with Crippen molar-refractivity contribution in [1.82, 2.24) is 9.97 Å². The average molecular weight is 360 g/mol. The highest BCUT2D eigenvalue weighted by molar-refractivity contribution is 7.72. The molecule has 0 fully saturated rings. The van der Waals surface area contributed by atoms with E-state index in [-0.39, 0.29) is 11.1 Å². The minimum absolute atomic E-state index is 0.0228. The monoisotopic (exact) mass is 360 g/mol. The van der Waals surface area contributed by atoms with Gasteiger partial charge in [0, 0.05) is 24.8 Å². The summed E-state index contributed by atoms with van der Waals surface area (Å²) in [6.07, 6.45) is 5.07. The molecule has 11 heteroatoms. The Labute approximate surface area is 131 Å². The highest BCUT2D eigenvalue weighted by Crippen LogP contribution is 2.73. The molecule has 2 heterocycles. The third-order valence-corrected chi connectivity index (χ3v) is 7.07. The first-order valence-corrected chi connectivity index (χ1v) is 9.45. The Kier molecular flexibility index (Phi) is 4.84. The molecule has 0 aromatic carbocycles. The lowest BCUT2D eigenvalue weighted by molar-refractivity contribution is 0.116. The molecule has 0 spiro atoms. The summed E-state index contributed by atoms with van der Waals surface area (Å²) in [5, 5.41) is 6.82. The second-order valence-electron chi connectivity index (χ2n) is 4.78. The number of rotatable bonds is 5. The highest BCUT2D eigenvalue weighted by atomic mass is 31.2. The van der Waals surface area contributed by atoms with Gasteiger partial charge < -0.3 is 24.7 Å². The van der Waals surface area contributed by atoms with Crippen LogP contribution >= 0.6 is 15.2 Å². The number of aromatic nitrogens is 2. The maximum atomic E-state index is 11.8. The molecule has 0 bridgehead atoms. The first kappa shape index (κ1) is 17.9. The lowest BCUT2D eigenvalue weighted by Gasteiger charge is -2.36. The summed E-state index contributed by atoms with van der Waals surface area (Å²) in [5.74, 6) is -1.73. The Bertz CT molecular complexity index is 698. The molecule has 2 rings (SSSR count). The Morgan fingerprint density at radius 2 is 1.26 bits per heavy atom. The van der Waals surface area contributed by atoms with Crippen molar-refractivity contribution in [1.29, 1.82) is 0 Å². The van der Waals surface area contributed by atoms with Crippen LogP contribution in [0, 0.1) is 0 Å². The van der Waals surface area contributed by atoms with Gasteiger partial charge in [0.1, 0.15) is 0 Å². The second-order valence-corrected chi connectivity index (χ2v) is 8.67. The lowest BCUT2D eigenvalue weighted by atomic mass is 9.94. The standard InChI is InChI=1S/C12H14N2O7P2/c15-12(22(16,17)18,23(19,20)21)11(9-3-1-5-13-7-9)10-4-2-6-14-8-10/h1-8,11,15H,(H2,16,17,18)(H2,19,20,21). The van der Waals surface area contributed by atoms with Crippen molar-refractivity contribution in [2.24, 2.45) is 0 Å². The largest absolute Gasteiger partial charge is 0.370 e. The van der Waals surface area contributed by atoms with E-state index in [1.165, 1.54) is 36.7 Å². The molecule has 0 aliphatic carbocycles. The van der Waals surface area contributed by atoms with Gasteiger partial charge in [0.25, 0.3) is 5.08 Å². The van der Waals surface area contributed by atoms with Gasteiger partial charge in [0.15, 0.2) is 0 Å². The molecule has 5 N–H and O–H groups in total. The van der Waals surface area contributed by atoms with Gasteiger partial charge in [-0.1, -0.05) is 12.1 Å². The molecule has 0 aliphatic rings. The highest BCUT2D eigenvalue weighted by Gasteiger charge is 2.65. The molecule has 23 heavy (non-hydrogen) atoms. The fourth-order valence-electron chi connectivity index (χ4n) is 2.24. The third-order valence-electron chi connectivity index (χ3n) is 3.28. The smallest absolute Gasteiger partial charge is 0.367 e. The van der Waals surface area contributed by atoms with Crippen molar-refractivity contribution in [2.45, 2.75) is 11.0 Å². The fourth-order valence-corrected chi connectivity index (χ4v) is 4.87. The van der Waals surface area contributed by atoms with E-state index in [1.54, 1.807) is 0 Å². The van der Waals surface area contributed by atoms with Crippen LogP contribution in [0.2, 0.25) is 0 Å². The van der Waals surface area contributed by atoms with Crippen molar-refractivity contribution in [3.8, 4) is 0 Å². The first-order chi connectivity index (χ1) is 10.6. The first-order valence-electron chi connectivity index (χ1n) is 6.22. The van der Waals surface area contributed by atoms with Crippen LogP contribution in [0.4, 0.5) is 0 Å². The SMILES string of the molecule is O=P(O)(O)C(O)(C(c1cccnc1)c1cccnc1)P(=O)(O)O. The molecule has 0 amide bonds. The van der Waals surface area contributed by atoms with Gasteiger partial charge in [-0.15, -0.1) is 0 Å². The van der Waals surface area contributed by atoms with Gasteiger partial charge in [0.05, 0.1) is 5.92 Å². The van der Waals surface area contributed by atoms with Crippen molar-refractivity contribution in [2.75, 3.05) is 0 Å². The molecule has 124 valence electrons. The van der Waals surface area contributed by atoms with E-state index in [0.717, 1.165) is 12.4 Å². The summed E-state index contributed by atoms with van der Waals surface area (Å²) >= 11 is 0. The molecule has 2 aromatic rings. The van der Waals surface area contributed by atoms with E-state index in [2.05, 4.69) is 9.97 Å². The molecule has 2 aromatic heterocycles. The van der Waals surface area contributed by atoms with Gasteiger partial charge in [-0.3, -0.25) is 19.1 Å². The number of hydrogen-bond donors (Lipinski definition) is 5. The summed E-state index contributed by atoms with van der Waals surface area (Å²) in [5.41, 5.74) is 0.0456. The lowest BCUT2D eigenvalue weighted by Crippen LogP contribution is -2.37. The molecule has 9 nitrogen and oxygen atoms in total. The predicted molar refractivity (Wildman–Crippen MR) is 79.4 cm³/mol. The van der Waals surface area contributed by atoms with Crippen molar-refractivity contribution in [3.63, 3.8) is 0 Å². The van der Waals surface area contributed by atoms with Crippen molar-refractivity contribution < 1.29 is 33.8 Å². The molecule has 0 saturated heterocycles. The molecule has 0 saturated carbocycles. The summed E-state index contributed by atoms with van der Waals surface area (Å²) in [4.78, 5) is 45.5. The van der Waals surface area contributed by atoms with Gasteiger partial charge in [-0.05, 0) is 23.3 Å². The molecular formula is C12H14N2O7P2.